The standard InChI is InChI=1S/C58H77N5O10S4/c1-15-59(74(66,67)53-42(7)29-38(3)30-43(53)8)24-19-26-61(76(70,71)55-46(11)33-40(5)34-47(55)12)28-23-50(63-57(64)51-21-17-18-22-52(51)58(63)65)37-62(77(72,73)56-48(13)35-41(6)36-49(56)14)27-20-25-60(16-2)75(68,69)54-44(9)31-39(4)32-45(54)10/h17-18,21-22,29-36,50H,15-16,19-20,23-28,37H2,1-14H3. The highest BCUT2D eigenvalue weighted by Gasteiger charge is 2.43. The SMILES string of the molecule is CCN(CCCN(CCC(CN(CCCN(CC)S(=O)(=O)c1c(C)cc(C)cc1C)S(=O)(=O)c1c(C)cc(C)cc1C)N1C(=O)c2ccccc2C1=O)S(=O)(=O)c1c(C)cc(C)cc1C)S(=O)(=O)c1c(C)cc(C)cc1C. The minimum atomic E-state index is -4.49. The summed E-state index contributed by atoms with van der Waals surface area (Å²) in [6, 6.07) is 19.3. The Balaban J connectivity index is 1.43. The molecule has 15 nitrogen and oxygen atoms in total. The Morgan fingerprint density at radius 1 is 0.390 bits per heavy atom. The maximum Gasteiger partial charge on any atom is 0.261 e. The van der Waals surface area contributed by atoms with E-state index in [2.05, 4.69) is 0 Å². The molecular formula is C58H77N5O10S4. The molecule has 1 atom stereocenters. The molecule has 6 rings (SSSR count). The van der Waals surface area contributed by atoms with Gasteiger partial charge >= 0.3 is 0 Å². The van der Waals surface area contributed by atoms with Crippen LogP contribution in [0.1, 0.15) is 121 Å². The smallest absolute Gasteiger partial charge is 0.261 e. The predicted molar refractivity (Wildman–Crippen MR) is 304 cm³/mol. The normalized spacial score (nSPS) is 14.0. The fraction of sp³-hybridized carbons (Fsp3) is 0.448. The average molecular weight is 1130 g/mol. The molecule has 418 valence electrons. The van der Waals surface area contributed by atoms with Crippen LogP contribution in [-0.2, 0) is 40.1 Å². The van der Waals surface area contributed by atoms with E-state index in [0.29, 0.717) is 44.5 Å². The summed E-state index contributed by atoms with van der Waals surface area (Å²) in [4.78, 5) is 30.6. The first-order valence-corrected chi connectivity index (χ1v) is 32.0. The van der Waals surface area contributed by atoms with E-state index >= 15 is 16.8 Å². The molecule has 1 aliphatic rings. The van der Waals surface area contributed by atoms with Gasteiger partial charge in [0.25, 0.3) is 11.8 Å². The molecule has 0 aliphatic carbocycles. The maximum absolute atomic E-state index is 15.4. The molecule has 0 spiro atoms. The van der Waals surface area contributed by atoms with Gasteiger partial charge in [0.1, 0.15) is 0 Å². The van der Waals surface area contributed by atoms with Gasteiger partial charge in [-0.25, -0.2) is 33.7 Å². The summed E-state index contributed by atoms with van der Waals surface area (Å²) in [6.07, 6.45) is -0.158. The molecule has 77 heavy (non-hydrogen) atoms. The minimum Gasteiger partial charge on any atom is -0.270 e. The molecule has 5 aromatic rings. The highest BCUT2D eigenvalue weighted by molar-refractivity contribution is 7.90. The van der Waals surface area contributed by atoms with Crippen LogP contribution in [0.5, 0.6) is 0 Å². The molecule has 5 aromatic carbocycles. The second-order valence-electron chi connectivity index (χ2n) is 20.8. The number of hydrogen-bond acceptors (Lipinski definition) is 10. The van der Waals surface area contributed by atoms with E-state index in [-0.39, 0.29) is 95.8 Å². The summed E-state index contributed by atoms with van der Waals surface area (Å²) in [6.45, 7) is 23.6. The van der Waals surface area contributed by atoms with Gasteiger partial charge < -0.3 is 0 Å². The van der Waals surface area contributed by atoms with E-state index in [0.717, 1.165) is 27.2 Å². The molecule has 0 radical (unpaired) electrons. The summed E-state index contributed by atoms with van der Waals surface area (Å²) in [5.41, 5.74) is 8.01. The van der Waals surface area contributed by atoms with E-state index in [1.54, 1.807) is 106 Å². The zero-order chi connectivity index (χ0) is 57.3. The van der Waals surface area contributed by atoms with Crippen LogP contribution in [0.25, 0.3) is 0 Å². The second kappa shape index (κ2) is 24.1. The summed E-state index contributed by atoms with van der Waals surface area (Å²) in [5, 5.41) is 0. The Bertz CT molecular complexity index is 3430. The van der Waals surface area contributed by atoms with Gasteiger partial charge in [0.2, 0.25) is 40.1 Å². The third-order valence-corrected chi connectivity index (χ3v) is 23.4. The number of aryl methyl sites for hydroxylation is 12. The fourth-order valence-electron chi connectivity index (χ4n) is 11.6. The summed E-state index contributed by atoms with van der Waals surface area (Å²) >= 11 is 0. The van der Waals surface area contributed by atoms with Crippen molar-refractivity contribution < 1.29 is 43.3 Å². The Kier molecular flexibility index (Phi) is 19.1. The lowest BCUT2D eigenvalue weighted by Gasteiger charge is -2.34. The number of amides is 2. The first-order chi connectivity index (χ1) is 35.9. The van der Waals surface area contributed by atoms with Gasteiger partial charge in [-0.15, -0.1) is 0 Å². The monoisotopic (exact) mass is 1130 g/mol. The van der Waals surface area contributed by atoms with Crippen LogP contribution in [0.2, 0.25) is 0 Å². The van der Waals surface area contributed by atoms with Crippen LogP contribution in [0.3, 0.4) is 0 Å². The largest absolute Gasteiger partial charge is 0.270 e. The number of rotatable bonds is 24. The first-order valence-electron chi connectivity index (χ1n) is 26.2. The molecule has 1 unspecified atom stereocenters. The van der Waals surface area contributed by atoms with Crippen molar-refractivity contribution in [2.45, 2.75) is 142 Å². The molecule has 1 heterocycles. The van der Waals surface area contributed by atoms with Crippen LogP contribution in [0.15, 0.2) is 92.4 Å². The van der Waals surface area contributed by atoms with Gasteiger partial charge in [-0.1, -0.05) is 96.8 Å². The summed E-state index contributed by atoms with van der Waals surface area (Å²) in [5.74, 6) is -1.35. The van der Waals surface area contributed by atoms with E-state index in [9.17, 15) is 26.4 Å². The Morgan fingerprint density at radius 3 is 0.948 bits per heavy atom. The Morgan fingerprint density at radius 2 is 0.649 bits per heavy atom. The Hall–Kier alpha value is -5.12. The number of fused-ring (bicyclic) bond motifs is 1. The molecule has 0 saturated heterocycles. The number of carbonyl (C=O) groups excluding carboxylic acids is 2. The molecule has 19 heteroatoms. The molecule has 0 N–H and O–H groups in total. The topological polar surface area (TPSA) is 187 Å². The van der Waals surface area contributed by atoms with Crippen molar-refractivity contribution in [1.82, 2.24) is 22.1 Å². The van der Waals surface area contributed by atoms with E-state index < -0.39 is 64.5 Å². The van der Waals surface area contributed by atoms with Crippen LogP contribution in [0, 0.1) is 83.1 Å². The molecule has 0 fully saturated rings. The number of imide groups is 1. The third kappa shape index (κ3) is 12.7. The number of sulfonamides is 4. The molecule has 1 aliphatic heterocycles. The van der Waals surface area contributed by atoms with Crippen LogP contribution in [-0.4, -0.2) is 126 Å². The quantitative estimate of drug-likeness (QED) is 0.0539. The highest BCUT2D eigenvalue weighted by atomic mass is 32.2. The van der Waals surface area contributed by atoms with Crippen molar-refractivity contribution in [1.29, 1.82) is 0 Å². The maximum atomic E-state index is 15.4. The number of benzene rings is 5. The number of carbonyl (C=O) groups is 2. The van der Waals surface area contributed by atoms with Crippen molar-refractivity contribution in [2.24, 2.45) is 0 Å². The van der Waals surface area contributed by atoms with Crippen LogP contribution < -0.4 is 0 Å². The van der Waals surface area contributed by atoms with Gasteiger partial charge in [0.05, 0.1) is 36.8 Å². The Labute approximate surface area is 459 Å². The minimum absolute atomic E-state index is 0.0139. The van der Waals surface area contributed by atoms with E-state index in [4.69, 9.17) is 0 Å². The molecular weight excluding hydrogens is 1050 g/mol. The van der Waals surface area contributed by atoms with Crippen LogP contribution in [0.4, 0.5) is 0 Å². The molecule has 2 amide bonds. The summed E-state index contributed by atoms with van der Waals surface area (Å²) < 4.78 is 124. The van der Waals surface area contributed by atoms with Crippen molar-refractivity contribution in [3.8, 4) is 0 Å². The van der Waals surface area contributed by atoms with Gasteiger partial charge in [0.15, 0.2) is 0 Å². The lowest BCUT2D eigenvalue weighted by Crippen LogP contribution is -2.50. The van der Waals surface area contributed by atoms with Crippen molar-refractivity contribution >= 4 is 51.9 Å². The first kappa shape index (κ1) is 61.1. The highest BCUT2D eigenvalue weighted by Crippen LogP contribution is 2.33. The number of nitrogens with zero attached hydrogens (tertiary/aromatic N) is 5. The van der Waals surface area contributed by atoms with Crippen molar-refractivity contribution in [2.75, 3.05) is 52.4 Å². The fourth-order valence-corrected chi connectivity index (χ4v) is 19.2. The predicted octanol–water partition coefficient (Wildman–Crippen LogP) is 9.33. The van der Waals surface area contributed by atoms with E-state index in [1.807, 2.05) is 52.0 Å². The lowest BCUT2D eigenvalue weighted by atomic mass is 10.1. The van der Waals surface area contributed by atoms with Crippen molar-refractivity contribution in [3.63, 3.8) is 0 Å². The van der Waals surface area contributed by atoms with Crippen LogP contribution >= 0.6 is 0 Å². The van der Waals surface area contributed by atoms with Crippen molar-refractivity contribution in [3.05, 3.63) is 151 Å². The second-order valence-corrected chi connectivity index (χ2v) is 28.3. The zero-order valence-corrected chi connectivity index (χ0v) is 50.5. The zero-order valence-electron chi connectivity index (χ0n) is 47.2. The van der Waals surface area contributed by atoms with Gasteiger partial charge in [-0.2, -0.15) is 17.2 Å². The van der Waals surface area contributed by atoms with Gasteiger partial charge in [0, 0.05) is 52.4 Å². The molecule has 0 bridgehead atoms. The molecule has 0 aromatic heterocycles. The summed E-state index contributed by atoms with van der Waals surface area (Å²) in [7, 11) is -17.0. The van der Waals surface area contributed by atoms with Gasteiger partial charge in [-0.3, -0.25) is 14.5 Å². The number of hydrogen-bond donors (Lipinski definition) is 0. The van der Waals surface area contributed by atoms with E-state index in [1.165, 1.54) is 29.4 Å². The third-order valence-electron chi connectivity index (χ3n) is 14.5. The van der Waals surface area contributed by atoms with Gasteiger partial charge in [-0.05, 0) is 159 Å². The average Bonchev–Trinajstić information content (AvgIpc) is 3.55. The lowest BCUT2D eigenvalue weighted by molar-refractivity contribution is 0.0552. The molecule has 0 saturated carbocycles.